The van der Waals surface area contributed by atoms with Crippen molar-refractivity contribution in [3.63, 3.8) is 0 Å². The normalized spacial score (nSPS) is 16.8. The van der Waals surface area contributed by atoms with Crippen molar-refractivity contribution >= 4 is 0 Å². The number of hydrogen-bond donors (Lipinski definition) is 1. The van der Waals surface area contributed by atoms with E-state index in [4.69, 9.17) is 4.74 Å². The lowest BCUT2D eigenvalue weighted by Crippen LogP contribution is -2.13. The number of aromatic amines is 1. The van der Waals surface area contributed by atoms with Crippen LogP contribution < -0.4 is 0 Å². The summed E-state index contributed by atoms with van der Waals surface area (Å²) in [5.74, 6) is 1.16. The van der Waals surface area contributed by atoms with E-state index >= 15 is 0 Å². The van der Waals surface area contributed by atoms with Crippen molar-refractivity contribution in [3.05, 3.63) is 47.3 Å². The van der Waals surface area contributed by atoms with Crippen LogP contribution in [0.15, 0.2) is 24.3 Å². The monoisotopic (exact) mass is 247 g/mol. The van der Waals surface area contributed by atoms with Gasteiger partial charge in [-0.2, -0.15) is 5.10 Å². The lowest BCUT2D eigenvalue weighted by molar-refractivity contribution is 0.178. The summed E-state index contributed by atoms with van der Waals surface area (Å²) < 4.78 is 18.9. The Morgan fingerprint density at radius 3 is 2.83 bits per heavy atom. The third-order valence-corrected chi connectivity index (χ3v) is 3.38. The first-order valence-corrected chi connectivity index (χ1v) is 5.92. The minimum atomic E-state index is -0.339. The van der Waals surface area contributed by atoms with Gasteiger partial charge in [-0.1, -0.05) is 18.2 Å². The molecule has 1 aromatic heterocycles. The van der Waals surface area contributed by atoms with Crippen LogP contribution in [0.3, 0.4) is 0 Å². The summed E-state index contributed by atoms with van der Waals surface area (Å²) >= 11 is 0. The van der Waals surface area contributed by atoms with Gasteiger partial charge in [-0.15, -0.1) is 0 Å². The number of rotatable bonds is 4. The number of H-pyrrole nitrogens is 1. The fourth-order valence-electron chi connectivity index (χ4n) is 2.30. The number of benzene rings is 1. The van der Waals surface area contributed by atoms with Crippen molar-refractivity contribution in [2.75, 3.05) is 7.11 Å². The molecule has 0 radical (unpaired) electrons. The van der Waals surface area contributed by atoms with E-state index in [-0.39, 0.29) is 11.2 Å². The molecule has 3 rings (SSSR count). The maximum absolute atomic E-state index is 13.9. The van der Waals surface area contributed by atoms with Gasteiger partial charge in [-0.25, -0.2) is 9.37 Å². The van der Waals surface area contributed by atoms with Gasteiger partial charge in [-0.3, -0.25) is 5.10 Å². The molecule has 4 nitrogen and oxygen atoms in total. The summed E-state index contributed by atoms with van der Waals surface area (Å²) in [5, 5.41) is 7.04. The molecule has 1 saturated carbocycles. The van der Waals surface area contributed by atoms with Crippen molar-refractivity contribution in [1.29, 1.82) is 0 Å². The lowest BCUT2D eigenvalue weighted by Gasteiger charge is -2.12. The van der Waals surface area contributed by atoms with Crippen molar-refractivity contribution in [2.45, 2.75) is 24.9 Å². The van der Waals surface area contributed by atoms with E-state index in [1.165, 1.54) is 6.07 Å². The fraction of sp³-hybridized carbons (Fsp3) is 0.385. The highest BCUT2D eigenvalue weighted by Gasteiger charge is 2.50. The Bertz CT molecular complexity index is 563. The van der Waals surface area contributed by atoms with Gasteiger partial charge >= 0.3 is 0 Å². The SMILES string of the molecule is COCc1nc(C2(c3ccccc3F)CC2)n[nH]1. The number of nitrogens with one attached hydrogen (secondary N) is 1. The number of methoxy groups -OCH3 is 1. The first kappa shape index (κ1) is 11.3. The molecule has 18 heavy (non-hydrogen) atoms. The van der Waals surface area contributed by atoms with Gasteiger partial charge < -0.3 is 4.74 Å². The van der Waals surface area contributed by atoms with Gasteiger partial charge in [-0.05, 0) is 18.9 Å². The predicted octanol–water partition coefficient (Wildman–Crippen LogP) is 2.17. The maximum Gasteiger partial charge on any atom is 0.161 e. The summed E-state index contributed by atoms with van der Waals surface area (Å²) in [6.45, 7) is 0.389. The second-order valence-corrected chi connectivity index (χ2v) is 4.60. The van der Waals surface area contributed by atoms with Crippen molar-refractivity contribution < 1.29 is 9.13 Å². The third-order valence-electron chi connectivity index (χ3n) is 3.38. The Morgan fingerprint density at radius 2 is 2.17 bits per heavy atom. The third kappa shape index (κ3) is 1.71. The van der Waals surface area contributed by atoms with Crippen LogP contribution in [0.5, 0.6) is 0 Å². The summed E-state index contributed by atoms with van der Waals surface area (Å²) in [5.41, 5.74) is 0.348. The van der Waals surface area contributed by atoms with Gasteiger partial charge in [0, 0.05) is 12.7 Å². The fourth-order valence-corrected chi connectivity index (χ4v) is 2.30. The summed E-state index contributed by atoms with van der Waals surface area (Å²) in [4.78, 5) is 4.39. The highest BCUT2D eigenvalue weighted by atomic mass is 19.1. The Balaban J connectivity index is 1.97. The second kappa shape index (κ2) is 4.17. The molecule has 1 heterocycles. The van der Waals surface area contributed by atoms with E-state index in [1.807, 2.05) is 12.1 Å². The molecule has 1 fully saturated rings. The lowest BCUT2D eigenvalue weighted by atomic mass is 9.95. The number of halogens is 1. The molecule has 0 saturated heterocycles. The molecule has 0 amide bonds. The summed E-state index contributed by atoms with van der Waals surface area (Å²) in [6.07, 6.45) is 1.77. The van der Waals surface area contributed by atoms with Gasteiger partial charge in [0.25, 0.3) is 0 Å². The van der Waals surface area contributed by atoms with Gasteiger partial charge in [0.15, 0.2) is 11.6 Å². The minimum Gasteiger partial charge on any atom is -0.377 e. The molecule has 2 aromatic rings. The van der Waals surface area contributed by atoms with Crippen molar-refractivity contribution in [2.24, 2.45) is 0 Å². The van der Waals surface area contributed by atoms with Crippen LogP contribution in [0.1, 0.15) is 30.1 Å². The zero-order valence-electron chi connectivity index (χ0n) is 10.1. The van der Waals surface area contributed by atoms with Crippen LogP contribution in [-0.4, -0.2) is 22.3 Å². The van der Waals surface area contributed by atoms with Crippen molar-refractivity contribution in [1.82, 2.24) is 15.2 Å². The zero-order chi connectivity index (χ0) is 12.6. The molecule has 0 spiro atoms. The van der Waals surface area contributed by atoms with E-state index in [1.54, 1.807) is 13.2 Å². The largest absolute Gasteiger partial charge is 0.377 e. The van der Waals surface area contributed by atoms with Crippen LogP contribution in [0.4, 0.5) is 4.39 Å². The highest BCUT2D eigenvalue weighted by molar-refractivity contribution is 5.39. The van der Waals surface area contributed by atoms with E-state index in [9.17, 15) is 4.39 Å². The average Bonchev–Trinajstić information content (AvgIpc) is 3.04. The molecule has 1 aliphatic rings. The van der Waals surface area contributed by atoms with Crippen LogP contribution in [0, 0.1) is 5.82 Å². The van der Waals surface area contributed by atoms with Gasteiger partial charge in [0.2, 0.25) is 0 Å². The molecule has 1 aromatic carbocycles. The van der Waals surface area contributed by atoms with Gasteiger partial charge in [0.1, 0.15) is 12.4 Å². The molecule has 0 aliphatic heterocycles. The van der Waals surface area contributed by atoms with E-state index < -0.39 is 0 Å². The van der Waals surface area contributed by atoms with E-state index in [0.29, 0.717) is 23.8 Å². The Kier molecular flexibility index (Phi) is 2.63. The molecule has 94 valence electrons. The van der Waals surface area contributed by atoms with Crippen LogP contribution in [0.2, 0.25) is 0 Å². The number of nitrogens with zero attached hydrogens (tertiary/aromatic N) is 2. The highest BCUT2D eigenvalue weighted by Crippen LogP contribution is 2.52. The predicted molar refractivity (Wildman–Crippen MR) is 63.5 cm³/mol. The number of hydrogen-bond acceptors (Lipinski definition) is 3. The molecule has 5 heteroatoms. The Labute approximate surface area is 104 Å². The summed E-state index contributed by atoms with van der Waals surface area (Å²) in [7, 11) is 1.60. The maximum atomic E-state index is 13.9. The topological polar surface area (TPSA) is 50.8 Å². The molecular formula is C13H14FN3O. The second-order valence-electron chi connectivity index (χ2n) is 4.60. The van der Waals surface area contributed by atoms with Crippen LogP contribution in [-0.2, 0) is 16.8 Å². The first-order chi connectivity index (χ1) is 8.76. The van der Waals surface area contributed by atoms with E-state index in [2.05, 4.69) is 15.2 Å². The zero-order valence-corrected chi connectivity index (χ0v) is 10.1. The Morgan fingerprint density at radius 1 is 1.39 bits per heavy atom. The van der Waals surface area contributed by atoms with Crippen LogP contribution in [0.25, 0.3) is 0 Å². The van der Waals surface area contributed by atoms with Crippen molar-refractivity contribution in [3.8, 4) is 0 Å². The smallest absolute Gasteiger partial charge is 0.161 e. The molecule has 0 bridgehead atoms. The standard InChI is InChI=1S/C13H14FN3O/c1-18-8-11-15-12(17-16-11)13(6-7-13)9-4-2-3-5-10(9)14/h2-5H,6-8H2,1H3,(H,15,16,17). The molecule has 0 atom stereocenters. The summed E-state index contributed by atoms with van der Waals surface area (Å²) in [6, 6.07) is 6.84. The average molecular weight is 247 g/mol. The molecule has 0 unspecified atom stereocenters. The molecular weight excluding hydrogens is 233 g/mol. The van der Waals surface area contributed by atoms with Crippen LogP contribution >= 0.6 is 0 Å². The Hall–Kier alpha value is -1.75. The number of ether oxygens (including phenoxy) is 1. The number of aromatic nitrogens is 3. The minimum absolute atomic E-state index is 0.187. The first-order valence-electron chi connectivity index (χ1n) is 5.92. The molecule has 1 aliphatic carbocycles. The van der Waals surface area contributed by atoms with E-state index in [0.717, 1.165) is 12.8 Å². The van der Waals surface area contributed by atoms with Gasteiger partial charge in [0.05, 0.1) is 5.41 Å². The molecule has 1 N–H and O–H groups in total. The quantitative estimate of drug-likeness (QED) is 0.900.